The molecule has 0 aromatic heterocycles. The minimum Gasteiger partial charge on any atom is -0.393 e. The summed E-state index contributed by atoms with van der Waals surface area (Å²) in [5.74, 6) is 4.47. The summed E-state index contributed by atoms with van der Waals surface area (Å²) in [5, 5.41) is 11.1. The molecule has 0 aliphatic heterocycles. The molecule has 4 fully saturated rings. The van der Waals surface area contributed by atoms with Crippen LogP contribution in [0, 0.1) is 46.3 Å². The third-order valence-corrected chi connectivity index (χ3v) is 12.1. The molecular weight excluding hydrogens is 376 g/mol. The summed E-state index contributed by atoms with van der Waals surface area (Å²) >= 11 is 7.63. The first-order chi connectivity index (χ1) is 13.6. The molecule has 1 N–H and O–H groups in total. The molecule has 4 rings (SSSR count). The van der Waals surface area contributed by atoms with E-state index in [0.717, 1.165) is 36.0 Å². The van der Waals surface area contributed by atoms with Gasteiger partial charge < -0.3 is 5.11 Å². The van der Waals surface area contributed by atoms with Crippen LogP contribution in [-0.4, -0.2) is 16.1 Å². The van der Waals surface area contributed by atoms with Crippen molar-refractivity contribution in [2.45, 2.75) is 123 Å². The summed E-state index contributed by atoms with van der Waals surface area (Å²) in [6.45, 7) is 12.2. The maximum Gasteiger partial charge on any atom is 0.0599 e. The highest BCUT2D eigenvalue weighted by Gasteiger charge is 2.66. The zero-order valence-electron chi connectivity index (χ0n) is 19.9. The molecule has 4 aliphatic rings. The van der Waals surface area contributed by atoms with Gasteiger partial charge in [0.05, 0.1) is 11.0 Å². The van der Waals surface area contributed by atoms with Gasteiger partial charge in [0, 0.05) is 0 Å². The molecule has 9 atom stereocenters. The number of aliphatic hydroxyl groups excluding tert-OH is 1. The average Bonchev–Trinajstić information content (AvgIpc) is 2.95. The van der Waals surface area contributed by atoms with Crippen LogP contribution in [0.15, 0.2) is 0 Å². The highest BCUT2D eigenvalue weighted by molar-refractivity contribution is 6.25. The van der Waals surface area contributed by atoms with Gasteiger partial charge in [0.15, 0.2) is 0 Å². The number of aliphatic hydroxyl groups is 1. The van der Waals surface area contributed by atoms with E-state index in [1.165, 1.54) is 70.6 Å². The maximum absolute atomic E-state index is 11.1. The second kappa shape index (κ2) is 7.99. The van der Waals surface area contributed by atoms with Crippen LogP contribution in [0.25, 0.3) is 0 Å². The number of fused-ring (bicyclic) bond motifs is 5. The number of hydrogen-bond donors (Lipinski definition) is 1. The second-order valence-corrected chi connectivity index (χ2v) is 13.2. The SMILES string of the molecule is CC(C)CCC[C@@H](C)[C@]1(Cl)CC[C@H]2[C@@H]3CCC4CCCC(O)[C@]4(C)[C@H]3CC[C@@]21C. The van der Waals surface area contributed by atoms with Gasteiger partial charge in [-0.15, -0.1) is 11.6 Å². The molecule has 0 saturated heterocycles. The van der Waals surface area contributed by atoms with Crippen molar-refractivity contribution in [3.8, 4) is 0 Å². The van der Waals surface area contributed by atoms with Gasteiger partial charge in [-0.2, -0.15) is 0 Å². The van der Waals surface area contributed by atoms with E-state index in [2.05, 4.69) is 34.6 Å². The molecule has 0 heterocycles. The van der Waals surface area contributed by atoms with Gasteiger partial charge in [-0.05, 0) is 104 Å². The molecule has 0 spiro atoms. The van der Waals surface area contributed by atoms with E-state index < -0.39 is 0 Å². The highest BCUT2D eigenvalue weighted by Crippen LogP contribution is 2.70. The van der Waals surface area contributed by atoms with Crippen LogP contribution in [0.1, 0.15) is 112 Å². The molecule has 0 aromatic carbocycles. The topological polar surface area (TPSA) is 20.2 Å². The van der Waals surface area contributed by atoms with E-state index in [1.807, 2.05) is 0 Å². The molecular formula is C27H47ClO. The quantitative estimate of drug-likeness (QED) is 0.447. The normalized spacial score (nSPS) is 50.7. The first-order valence-electron chi connectivity index (χ1n) is 13.0. The fourth-order valence-corrected chi connectivity index (χ4v) is 9.66. The van der Waals surface area contributed by atoms with Gasteiger partial charge in [-0.25, -0.2) is 0 Å². The minimum absolute atomic E-state index is 0.0114. The molecule has 0 aromatic rings. The fraction of sp³-hybridized carbons (Fsp3) is 1.00. The van der Waals surface area contributed by atoms with E-state index in [9.17, 15) is 5.11 Å². The zero-order chi connectivity index (χ0) is 21.0. The zero-order valence-corrected chi connectivity index (χ0v) is 20.6. The lowest BCUT2D eigenvalue weighted by atomic mass is 9.44. The Balaban J connectivity index is 1.54. The van der Waals surface area contributed by atoms with Crippen molar-refractivity contribution in [1.29, 1.82) is 0 Å². The van der Waals surface area contributed by atoms with Gasteiger partial charge in [-0.1, -0.05) is 53.9 Å². The molecule has 0 bridgehead atoms. The molecule has 0 amide bonds. The summed E-state index contributed by atoms with van der Waals surface area (Å²) in [6.07, 6.45) is 15.4. The van der Waals surface area contributed by atoms with E-state index in [1.54, 1.807) is 0 Å². The first-order valence-corrected chi connectivity index (χ1v) is 13.4. The van der Waals surface area contributed by atoms with E-state index in [4.69, 9.17) is 11.6 Å². The third kappa shape index (κ3) is 3.35. The first kappa shape index (κ1) is 22.4. The standard InChI is InChI=1S/C27H47ClO/c1-18(2)8-6-9-19(3)27(28)17-15-22-21-13-12-20-10-7-11-24(29)26(20,5)23(21)14-16-25(22,27)4/h18-24,29H,6-17H2,1-5H3/t19-,20?,21+,22+,23+,24?,25+,26+,27-/m1/s1. The van der Waals surface area contributed by atoms with Gasteiger partial charge in [-0.3, -0.25) is 0 Å². The second-order valence-electron chi connectivity index (χ2n) is 12.5. The summed E-state index contributed by atoms with van der Waals surface area (Å²) in [7, 11) is 0. The summed E-state index contributed by atoms with van der Waals surface area (Å²) in [4.78, 5) is -0.0114. The Morgan fingerprint density at radius 1 is 0.897 bits per heavy atom. The minimum atomic E-state index is -0.0736. The van der Waals surface area contributed by atoms with Crippen molar-refractivity contribution < 1.29 is 5.11 Å². The van der Waals surface area contributed by atoms with Crippen molar-refractivity contribution in [3.05, 3.63) is 0 Å². The number of hydrogen-bond acceptors (Lipinski definition) is 1. The van der Waals surface area contributed by atoms with Crippen LogP contribution in [0.2, 0.25) is 0 Å². The maximum atomic E-state index is 11.1. The van der Waals surface area contributed by atoms with Crippen molar-refractivity contribution in [2.24, 2.45) is 46.3 Å². The number of rotatable bonds is 5. The number of halogens is 1. The van der Waals surface area contributed by atoms with Crippen molar-refractivity contribution in [1.82, 2.24) is 0 Å². The largest absolute Gasteiger partial charge is 0.393 e. The predicted molar refractivity (Wildman–Crippen MR) is 124 cm³/mol. The highest BCUT2D eigenvalue weighted by atomic mass is 35.5. The lowest BCUT2D eigenvalue weighted by Crippen LogP contribution is -2.59. The van der Waals surface area contributed by atoms with Crippen molar-refractivity contribution in [3.63, 3.8) is 0 Å². The van der Waals surface area contributed by atoms with Crippen LogP contribution in [0.4, 0.5) is 0 Å². The molecule has 29 heavy (non-hydrogen) atoms. The summed E-state index contributed by atoms with van der Waals surface area (Å²) < 4.78 is 0. The third-order valence-electron chi connectivity index (χ3n) is 11.1. The number of alkyl halides is 1. The van der Waals surface area contributed by atoms with Crippen LogP contribution in [0.3, 0.4) is 0 Å². The monoisotopic (exact) mass is 422 g/mol. The molecule has 2 heteroatoms. The molecule has 2 unspecified atom stereocenters. The van der Waals surface area contributed by atoms with Crippen LogP contribution in [-0.2, 0) is 0 Å². The Kier molecular flexibility index (Phi) is 6.18. The van der Waals surface area contributed by atoms with E-state index in [-0.39, 0.29) is 21.8 Å². The average molecular weight is 423 g/mol. The lowest BCUT2D eigenvalue weighted by molar-refractivity contribution is -0.162. The fourth-order valence-electron chi connectivity index (χ4n) is 9.20. The molecule has 4 aliphatic carbocycles. The predicted octanol–water partition coefficient (Wildman–Crippen LogP) is 7.83. The van der Waals surface area contributed by atoms with E-state index >= 15 is 0 Å². The Labute approximate surface area is 185 Å². The van der Waals surface area contributed by atoms with Gasteiger partial charge >= 0.3 is 0 Å². The molecule has 1 nitrogen and oxygen atoms in total. The smallest absolute Gasteiger partial charge is 0.0599 e. The Morgan fingerprint density at radius 2 is 1.62 bits per heavy atom. The van der Waals surface area contributed by atoms with Gasteiger partial charge in [0.25, 0.3) is 0 Å². The Morgan fingerprint density at radius 3 is 2.34 bits per heavy atom. The van der Waals surface area contributed by atoms with Crippen LogP contribution in [0.5, 0.6) is 0 Å². The lowest BCUT2D eigenvalue weighted by Gasteiger charge is -2.62. The molecule has 168 valence electrons. The van der Waals surface area contributed by atoms with Crippen molar-refractivity contribution in [2.75, 3.05) is 0 Å². The Hall–Kier alpha value is 0.250. The summed E-state index contributed by atoms with van der Waals surface area (Å²) in [6, 6.07) is 0. The molecule has 0 radical (unpaired) electrons. The van der Waals surface area contributed by atoms with E-state index in [0.29, 0.717) is 5.92 Å². The Bertz CT molecular complexity index is 589. The molecule has 4 saturated carbocycles. The van der Waals surface area contributed by atoms with Gasteiger partial charge in [0.1, 0.15) is 0 Å². The van der Waals surface area contributed by atoms with Crippen LogP contribution < -0.4 is 0 Å². The van der Waals surface area contributed by atoms with Crippen molar-refractivity contribution >= 4 is 11.6 Å². The summed E-state index contributed by atoms with van der Waals surface area (Å²) in [5.41, 5.74) is 0.457. The van der Waals surface area contributed by atoms with Crippen LogP contribution >= 0.6 is 11.6 Å². The van der Waals surface area contributed by atoms with Gasteiger partial charge in [0.2, 0.25) is 0 Å².